The summed E-state index contributed by atoms with van der Waals surface area (Å²) in [6.07, 6.45) is 0.832. The van der Waals surface area contributed by atoms with Gasteiger partial charge in [0.25, 0.3) is 0 Å². The summed E-state index contributed by atoms with van der Waals surface area (Å²) in [7, 11) is -0.450. The largest absolute Gasteiger partial charge is 0.497 e. The first-order valence-electron chi connectivity index (χ1n) is 18.1. The second-order valence-corrected chi connectivity index (χ2v) is 15.4. The standard InChI is InChI=1S/C39H53N3O8S/c1-30-6-13-34(14-7-30)51(43,44)42-27-37(48-22-4-16-40-18-23-47-24-19-40)39(32-9-11-33(46-3)12-10-32)38(28-42)50-29-31-8-15-36-35(26-31)41(20-25-49-36)17-5-21-45-2/h6-15,26,37-39H,4-5,16-25,27-29H2,1-3H3/t37-,38+,39+/m1/s1. The molecule has 278 valence electrons. The summed E-state index contributed by atoms with van der Waals surface area (Å²) in [6.45, 7) is 10.4. The van der Waals surface area contributed by atoms with Gasteiger partial charge >= 0.3 is 0 Å². The van der Waals surface area contributed by atoms with Crippen molar-refractivity contribution in [3.8, 4) is 11.5 Å². The Hall–Kier alpha value is -3.23. The Kier molecular flexibility index (Phi) is 13.2. The zero-order valence-corrected chi connectivity index (χ0v) is 31.0. The van der Waals surface area contributed by atoms with Gasteiger partial charge in [0, 0.05) is 65.5 Å². The van der Waals surface area contributed by atoms with Crippen molar-refractivity contribution in [2.45, 2.75) is 49.4 Å². The predicted molar refractivity (Wildman–Crippen MR) is 197 cm³/mol. The van der Waals surface area contributed by atoms with Crippen LogP contribution in [0.2, 0.25) is 0 Å². The lowest BCUT2D eigenvalue weighted by Crippen LogP contribution is -2.54. The molecule has 3 aliphatic heterocycles. The summed E-state index contributed by atoms with van der Waals surface area (Å²) in [5.74, 6) is 1.40. The molecular weight excluding hydrogens is 671 g/mol. The van der Waals surface area contributed by atoms with Crippen molar-refractivity contribution in [3.63, 3.8) is 0 Å². The molecule has 0 N–H and O–H groups in total. The molecule has 3 aromatic rings. The van der Waals surface area contributed by atoms with Crippen LogP contribution in [0, 0.1) is 6.92 Å². The Labute approximate surface area is 303 Å². The zero-order chi connectivity index (χ0) is 35.6. The van der Waals surface area contributed by atoms with E-state index in [1.165, 1.54) is 0 Å². The van der Waals surface area contributed by atoms with Crippen LogP contribution < -0.4 is 14.4 Å². The van der Waals surface area contributed by atoms with E-state index in [1.54, 1.807) is 30.7 Å². The maximum Gasteiger partial charge on any atom is 0.243 e. The molecule has 51 heavy (non-hydrogen) atoms. The number of aryl methyl sites for hydroxylation is 1. The molecule has 11 nitrogen and oxygen atoms in total. The molecule has 3 atom stereocenters. The Bertz CT molecular complexity index is 1630. The molecule has 0 radical (unpaired) electrons. The van der Waals surface area contributed by atoms with Crippen LogP contribution in [-0.4, -0.2) is 123 Å². The van der Waals surface area contributed by atoms with Crippen molar-refractivity contribution in [1.82, 2.24) is 9.21 Å². The molecule has 12 heteroatoms. The van der Waals surface area contributed by atoms with Gasteiger partial charge in [-0.2, -0.15) is 4.31 Å². The summed E-state index contributed by atoms with van der Waals surface area (Å²) in [4.78, 5) is 4.99. The highest BCUT2D eigenvalue weighted by molar-refractivity contribution is 7.89. The van der Waals surface area contributed by atoms with Crippen LogP contribution in [0.5, 0.6) is 11.5 Å². The molecule has 2 saturated heterocycles. The first-order chi connectivity index (χ1) is 24.9. The van der Waals surface area contributed by atoms with Crippen molar-refractivity contribution in [2.24, 2.45) is 0 Å². The minimum atomic E-state index is -3.82. The quantitative estimate of drug-likeness (QED) is 0.193. The first-order valence-corrected chi connectivity index (χ1v) is 19.5. The fourth-order valence-electron chi connectivity index (χ4n) is 7.16. The number of fused-ring (bicyclic) bond motifs is 1. The number of anilines is 1. The third-order valence-electron chi connectivity index (χ3n) is 10.0. The van der Waals surface area contributed by atoms with Crippen molar-refractivity contribution in [2.75, 3.05) is 98.0 Å². The van der Waals surface area contributed by atoms with Crippen LogP contribution in [0.1, 0.15) is 35.4 Å². The van der Waals surface area contributed by atoms with E-state index in [-0.39, 0.29) is 23.9 Å². The lowest BCUT2D eigenvalue weighted by atomic mass is 9.85. The Morgan fingerprint density at radius 3 is 2.25 bits per heavy atom. The van der Waals surface area contributed by atoms with Crippen LogP contribution in [0.25, 0.3) is 0 Å². The Morgan fingerprint density at radius 1 is 0.804 bits per heavy atom. The molecule has 0 aliphatic carbocycles. The maximum atomic E-state index is 14.2. The van der Waals surface area contributed by atoms with E-state index in [4.69, 9.17) is 28.4 Å². The van der Waals surface area contributed by atoms with E-state index in [9.17, 15) is 8.42 Å². The van der Waals surface area contributed by atoms with Gasteiger partial charge in [-0.1, -0.05) is 35.9 Å². The third-order valence-corrected chi connectivity index (χ3v) is 11.9. The molecule has 0 bridgehead atoms. The van der Waals surface area contributed by atoms with Crippen LogP contribution in [0.3, 0.4) is 0 Å². The Balaban J connectivity index is 1.27. The molecule has 3 aliphatic rings. The number of methoxy groups -OCH3 is 2. The summed E-state index contributed by atoms with van der Waals surface area (Å²) in [6, 6.07) is 21.2. The minimum Gasteiger partial charge on any atom is -0.497 e. The van der Waals surface area contributed by atoms with E-state index in [0.29, 0.717) is 26.4 Å². The Morgan fingerprint density at radius 2 is 1.53 bits per heavy atom. The lowest BCUT2D eigenvalue weighted by molar-refractivity contribution is -0.0802. The van der Waals surface area contributed by atoms with Gasteiger partial charge in [-0.05, 0) is 67.3 Å². The van der Waals surface area contributed by atoms with Crippen molar-refractivity contribution < 1.29 is 36.8 Å². The second kappa shape index (κ2) is 18.0. The van der Waals surface area contributed by atoms with Crippen molar-refractivity contribution >= 4 is 15.7 Å². The lowest BCUT2D eigenvalue weighted by Gasteiger charge is -2.43. The minimum absolute atomic E-state index is 0.192. The fourth-order valence-corrected chi connectivity index (χ4v) is 8.62. The SMILES string of the molecule is COCCCN1CCOc2ccc(CO[C@H]3CN(S(=O)(=O)c4ccc(C)cc4)C[C@@H](OCCCN4CCOCC4)[C@@H]3c3ccc(OC)cc3)cc21. The van der Waals surface area contributed by atoms with Gasteiger partial charge in [0.15, 0.2) is 0 Å². The van der Waals surface area contributed by atoms with Gasteiger partial charge in [0.2, 0.25) is 10.0 Å². The van der Waals surface area contributed by atoms with Crippen molar-refractivity contribution in [3.05, 3.63) is 83.4 Å². The average molecular weight is 724 g/mol. The van der Waals surface area contributed by atoms with Gasteiger partial charge in [0.1, 0.15) is 18.1 Å². The summed E-state index contributed by atoms with van der Waals surface area (Å²) in [5, 5.41) is 0. The van der Waals surface area contributed by atoms with Crippen LogP contribution in [-0.2, 0) is 35.6 Å². The molecule has 0 amide bonds. The number of piperidine rings is 1. The molecule has 2 fully saturated rings. The monoisotopic (exact) mass is 723 g/mol. The number of hydrogen-bond acceptors (Lipinski definition) is 10. The molecule has 3 aromatic carbocycles. The highest BCUT2D eigenvalue weighted by atomic mass is 32.2. The molecule has 0 unspecified atom stereocenters. The third kappa shape index (κ3) is 9.61. The molecule has 6 rings (SSSR count). The molecule has 3 heterocycles. The number of ether oxygens (including phenoxy) is 6. The van der Waals surface area contributed by atoms with Gasteiger partial charge in [-0.15, -0.1) is 0 Å². The van der Waals surface area contributed by atoms with E-state index < -0.39 is 22.2 Å². The number of nitrogens with zero attached hydrogens (tertiary/aromatic N) is 3. The van der Waals surface area contributed by atoms with E-state index >= 15 is 0 Å². The molecule has 0 saturated carbocycles. The van der Waals surface area contributed by atoms with Crippen LogP contribution in [0.15, 0.2) is 71.6 Å². The van der Waals surface area contributed by atoms with Gasteiger partial charge in [0.05, 0.1) is 56.3 Å². The number of morpholine rings is 1. The van der Waals surface area contributed by atoms with E-state index in [2.05, 4.69) is 15.9 Å². The van der Waals surface area contributed by atoms with Gasteiger partial charge < -0.3 is 33.3 Å². The van der Waals surface area contributed by atoms with Crippen LogP contribution >= 0.6 is 0 Å². The average Bonchev–Trinajstić information content (AvgIpc) is 3.16. The second-order valence-electron chi connectivity index (χ2n) is 13.5. The molecule has 0 spiro atoms. The van der Waals surface area contributed by atoms with Gasteiger partial charge in [-0.25, -0.2) is 8.42 Å². The zero-order valence-electron chi connectivity index (χ0n) is 30.2. The summed E-state index contributed by atoms with van der Waals surface area (Å²) < 4.78 is 65.7. The first kappa shape index (κ1) is 37.5. The number of benzene rings is 3. The number of rotatable bonds is 16. The van der Waals surface area contributed by atoms with Gasteiger partial charge in [-0.3, -0.25) is 4.90 Å². The topological polar surface area (TPSA) is 99.2 Å². The normalized spacial score (nSPS) is 21.6. The maximum absolute atomic E-state index is 14.2. The summed E-state index contributed by atoms with van der Waals surface area (Å²) >= 11 is 0. The summed E-state index contributed by atoms with van der Waals surface area (Å²) in [5.41, 5.74) is 4.06. The molecule has 0 aromatic heterocycles. The number of sulfonamides is 1. The fraction of sp³-hybridized carbons (Fsp3) is 0.538. The smallest absolute Gasteiger partial charge is 0.243 e. The predicted octanol–water partition coefficient (Wildman–Crippen LogP) is 4.72. The highest BCUT2D eigenvalue weighted by Gasteiger charge is 2.43. The van der Waals surface area contributed by atoms with Crippen LogP contribution in [0.4, 0.5) is 5.69 Å². The molecular formula is C39H53N3O8S. The van der Waals surface area contributed by atoms with E-state index in [0.717, 1.165) is 92.7 Å². The highest BCUT2D eigenvalue weighted by Crippen LogP contribution is 2.38. The number of hydrogen-bond donors (Lipinski definition) is 0. The van der Waals surface area contributed by atoms with Crippen molar-refractivity contribution in [1.29, 1.82) is 0 Å². The van der Waals surface area contributed by atoms with E-state index in [1.807, 2.05) is 55.5 Å².